The third-order valence-corrected chi connectivity index (χ3v) is 5.70. The maximum Gasteiger partial charge on any atom is 0.322 e. The van der Waals surface area contributed by atoms with Gasteiger partial charge in [-0.15, -0.1) is 0 Å². The number of carbonyl (C=O) groups is 1. The summed E-state index contributed by atoms with van der Waals surface area (Å²) in [5.41, 5.74) is 1.75. The molecule has 0 heterocycles. The zero-order valence-electron chi connectivity index (χ0n) is 13.0. The van der Waals surface area contributed by atoms with Gasteiger partial charge in [0.05, 0.1) is 4.90 Å². The Morgan fingerprint density at radius 1 is 1.09 bits per heavy atom. The van der Waals surface area contributed by atoms with Crippen LogP contribution in [0, 0.1) is 6.92 Å². The monoisotopic (exact) mass is 333 g/mol. The van der Waals surface area contributed by atoms with Crippen LogP contribution in [0.1, 0.15) is 11.1 Å². The second-order valence-electron chi connectivity index (χ2n) is 5.32. The zero-order valence-corrected chi connectivity index (χ0v) is 13.8. The van der Waals surface area contributed by atoms with Gasteiger partial charge in [0.25, 0.3) is 0 Å². The molecule has 0 aliphatic carbocycles. The molecule has 0 saturated carbocycles. The first-order valence-corrected chi connectivity index (χ1v) is 8.58. The quantitative estimate of drug-likeness (QED) is 0.880. The molecule has 0 amide bonds. The second kappa shape index (κ2) is 6.93. The zero-order chi connectivity index (χ0) is 17.0. The number of carboxylic acid groups (broad SMARTS) is 1. The molecule has 0 radical (unpaired) electrons. The predicted molar refractivity (Wildman–Crippen MR) is 87.7 cm³/mol. The molecule has 0 saturated heterocycles. The predicted octanol–water partition coefficient (Wildman–Crippen LogP) is 2.31. The Morgan fingerprint density at radius 3 is 2.22 bits per heavy atom. The van der Waals surface area contributed by atoms with Crippen molar-refractivity contribution in [1.29, 1.82) is 0 Å². The molecule has 0 aliphatic heterocycles. The molecule has 0 aromatic heterocycles. The van der Waals surface area contributed by atoms with E-state index in [0.717, 1.165) is 15.4 Å². The maximum atomic E-state index is 12.6. The topological polar surface area (TPSA) is 74.7 Å². The molecule has 0 aliphatic rings. The highest BCUT2D eigenvalue weighted by Crippen LogP contribution is 2.20. The van der Waals surface area contributed by atoms with Crippen LogP contribution in [0.5, 0.6) is 0 Å². The molecule has 0 bridgehead atoms. The number of carboxylic acids is 1. The fourth-order valence-electron chi connectivity index (χ4n) is 2.35. The van der Waals surface area contributed by atoms with E-state index in [1.54, 1.807) is 18.2 Å². The summed E-state index contributed by atoms with van der Waals surface area (Å²) in [6.07, 6.45) is 0.116. The van der Waals surface area contributed by atoms with Crippen molar-refractivity contribution in [2.75, 3.05) is 7.05 Å². The van der Waals surface area contributed by atoms with Gasteiger partial charge in [-0.05, 0) is 36.6 Å². The normalized spacial score (nSPS) is 13.0. The third kappa shape index (κ3) is 3.78. The van der Waals surface area contributed by atoms with Gasteiger partial charge in [-0.3, -0.25) is 4.79 Å². The molecule has 122 valence electrons. The Labute approximate surface area is 136 Å². The molecule has 5 nitrogen and oxygen atoms in total. The van der Waals surface area contributed by atoms with E-state index < -0.39 is 22.0 Å². The average Bonchev–Trinajstić information content (AvgIpc) is 2.54. The molecule has 2 aromatic carbocycles. The van der Waals surface area contributed by atoms with Crippen LogP contribution in [0.15, 0.2) is 59.5 Å². The highest BCUT2D eigenvalue weighted by Gasteiger charge is 2.33. The van der Waals surface area contributed by atoms with Crippen LogP contribution in [0.2, 0.25) is 0 Å². The first-order chi connectivity index (χ1) is 10.8. The largest absolute Gasteiger partial charge is 0.480 e. The van der Waals surface area contributed by atoms with Gasteiger partial charge in [0.2, 0.25) is 10.0 Å². The van der Waals surface area contributed by atoms with Gasteiger partial charge in [0.15, 0.2) is 0 Å². The summed E-state index contributed by atoms with van der Waals surface area (Å²) in [6.45, 7) is 1.87. The number of likely N-dealkylation sites (N-methyl/N-ethyl adjacent to an activating group) is 1. The van der Waals surface area contributed by atoms with E-state index in [2.05, 4.69) is 0 Å². The summed E-state index contributed by atoms with van der Waals surface area (Å²) in [5.74, 6) is -1.17. The van der Waals surface area contributed by atoms with Crippen LogP contribution in [-0.4, -0.2) is 36.9 Å². The van der Waals surface area contributed by atoms with Crippen molar-refractivity contribution in [1.82, 2.24) is 4.31 Å². The van der Waals surface area contributed by atoms with E-state index in [0.29, 0.717) is 0 Å². The Hall–Kier alpha value is -2.18. The molecule has 1 N–H and O–H groups in total. The smallest absolute Gasteiger partial charge is 0.322 e. The van der Waals surface area contributed by atoms with Crippen LogP contribution in [0.25, 0.3) is 0 Å². The minimum absolute atomic E-state index is 0.0820. The highest BCUT2D eigenvalue weighted by atomic mass is 32.2. The van der Waals surface area contributed by atoms with Crippen LogP contribution < -0.4 is 0 Å². The molecule has 1 atom stereocenters. The number of benzene rings is 2. The Kier molecular flexibility index (Phi) is 5.18. The molecule has 0 spiro atoms. The lowest BCUT2D eigenvalue weighted by molar-refractivity contribution is -0.141. The number of aryl methyl sites for hydroxylation is 1. The number of hydrogen-bond acceptors (Lipinski definition) is 3. The first kappa shape index (κ1) is 17.2. The minimum atomic E-state index is -3.86. The van der Waals surface area contributed by atoms with Gasteiger partial charge in [0, 0.05) is 7.05 Å². The standard InChI is InChI=1S/C17H19NO4S/c1-13-8-6-7-9-14(13)12-16(17(19)20)18(2)23(21,22)15-10-4-3-5-11-15/h3-11,16H,12H2,1-2H3,(H,19,20). The van der Waals surface area contributed by atoms with Gasteiger partial charge < -0.3 is 5.11 Å². The number of sulfonamides is 1. The van der Waals surface area contributed by atoms with Crippen molar-refractivity contribution >= 4 is 16.0 Å². The fraction of sp³-hybridized carbons (Fsp3) is 0.235. The molecule has 2 aromatic rings. The van der Waals surface area contributed by atoms with Gasteiger partial charge in [-0.2, -0.15) is 4.31 Å². The summed E-state index contributed by atoms with van der Waals surface area (Å²) in [7, 11) is -2.56. The van der Waals surface area contributed by atoms with Crippen molar-refractivity contribution in [3.63, 3.8) is 0 Å². The SMILES string of the molecule is Cc1ccccc1CC(C(=O)O)N(C)S(=O)(=O)c1ccccc1. The number of aliphatic carboxylic acids is 1. The van der Waals surface area contributed by atoms with Crippen molar-refractivity contribution in [3.05, 3.63) is 65.7 Å². The minimum Gasteiger partial charge on any atom is -0.480 e. The second-order valence-corrected chi connectivity index (χ2v) is 7.32. The molecule has 23 heavy (non-hydrogen) atoms. The number of nitrogens with zero attached hydrogens (tertiary/aromatic N) is 1. The summed E-state index contributed by atoms with van der Waals surface area (Å²) in [5, 5.41) is 9.50. The Balaban J connectivity index is 2.35. The van der Waals surface area contributed by atoms with Gasteiger partial charge in [0.1, 0.15) is 6.04 Å². The first-order valence-electron chi connectivity index (χ1n) is 7.14. The maximum absolute atomic E-state index is 12.6. The van der Waals surface area contributed by atoms with E-state index in [4.69, 9.17) is 0 Å². The number of rotatable bonds is 6. The van der Waals surface area contributed by atoms with Gasteiger partial charge in [-0.25, -0.2) is 8.42 Å². The summed E-state index contributed by atoms with van der Waals surface area (Å²) in [6, 6.07) is 14.0. The van der Waals surface area contributed by atoms with Crippen molar-refractivity contribution < 1.29 is 18.3 Å². The van der Waals surface area contributed by atoms with Crippen LogP contribution >= 0.6 is 0 Å². The van der Waals surface area contributed by atoms with Gasteiger partial charge in [-0.1, -0.05) is 42.5 Å². The molecular weight excluding hydrogens is 314 g/mol. The summed E-state index contributed by atoms with van der Waals surface area (Å²) >= 11 is 0. The van der Waals surface area contributed by atoms with E-state index in [9.17, 15) is 18.3 Å². The molecule has 0 fully saturated rings. The van der Waals surface area contributed by atoms with Crippen molar-refractivity contribution in [2.45, 2.75) is 24.3 Å². The Morgan fingerprint density at radius 2 is 1.65 bits per heavy atom. The van der Waals surface area contributed by atoms with Crippen molar-refractivity contribution in [2.24, 2.45) is 0 Å². The lowest BCUT2D eigenvalue weighted by Crippen LogP contribution is -2.43. The molecular formula is C17H19NO4S. The lowest BCUT2D eigenvalue weighted by atomic mass is 10.0. The molecule has 6 heteroatoms. The van der Waals surface area contributed by atoms with Crippen LogP contribution in [0.3, 0.4) is 0 Å². The van der Waals surface area contributed by atoms with Gasteiger partial charge >= 0.3 is 5.97 Å². The Bertz CT molecular complexity index is 787. The average molecular weight is 333 g/mol. The third-order valence-electron chi connectivity index (χ3n) is 3.82. The van der Waals surface area contributed by atoms with Crippen molar-refractivity contribution in [3.8, 4) is 0 Å². The lowest BCUT2D eigenvalue weighted by Gasteiger charge is -2.25. The van der Waals surface area contributed by atoms with Crippen LogP contribution in [0.4, 0.5) is 0 Å². The number of hydrogen-bond donors (Lipinski definition) is 1. The molecule has 2 rings (SSSR count). The van der Waals surface area contributed by atoms with Crippen LogP contribution in [-0.2, 0) is 21.2 Å². The fourth-order valence-corrected chi connectivity index (χ4v) is 3.68. The highest BCUT2D eigenvalue weighted by molar-refractivity contribution is 7.89. The van der Waals surface area contributed by atoms with E-state index in [-0.39, 0.29) is 11.3 Å². The van der Waals surface area contributed by atoms with E-state index in [1.165, 1.54) is 19.2 Å². The summed E-state index contributed by atoms with van der Waals surface area (Å²) in [4.78, 5) is 11.7. The van der Waals surface area contributed by atoms with E-state index >= 15 is 0 Å². The summed E-state index contributed by atoms with van der Waals surface area (Å²) < 4.78 is 26.2. The molecule has 1 unspecified atom stereocenters. The van der Waals surface area contributed by atoms with E-state index in [1.807, 2.05) is 31.2 Å².